The zero-order chi connectivity index (χ0) is 11.7. The van der Waals surface area contributed by atoms with E-state index in [4.69, 9.17) is 5.11 Å². The molecule has 1 aromatic carbocycles. The highest BCUT2D eigenvalue weighted by molar-refractivity contribution is 5.84. The number of imidazole rings is 1. The highest BCUT2D eigenvalue weighted by atomic mass is 16.4. The molecule has 0 spiro atoms. The molecule has 0 radical (unpaired) electrons. The third-order valence-electron chi connectivity index (χ3n) is 2.41. The molecule has 2 aromatic rings. The number of aromatic amines is 1. The molecule has 0 amide bonds. The Morgan fingerprint density at radius 3 is 2.38 bits per heavy atom. The molecule has 1 heterocycles. The molecule has 0 atom stereocenters. The normalized spacial score (nSPS) is 10.4. The third kappa shape index (κ3) is 1.82. The molecule has 0 aliphatic rings. The minimum atomic E-state index is -1.04. The average molecular weight is 216 g/mol. The average Bonchev–Trinajstić information content (AvgIpc) is 2.62. The first-order valence-electron chi connectivity index (χ1n) is 4.95. The summed E-state index contributed by atoms with van der Waals surface area (Å²) in [6, 6.07) is 7.82. The number of hydrogen-bond acceptors (Lipinski definition) is 2. The highest BCUT2D eigenvalue weighted by Crippen LogP contribution is 2.21. The van der Waals surface area contributed by atoms with E-state index < -0.39 is 5.97 Å². The van der Waals surface area contributed by atoms with Crippen molar-refractivity contribution in [3.8, 4) is 11.3 Å². The maximum atomic E-state index is 10.8. The number of benzene rings is 1. The summed E-state index contributed by atoms with van der Waals surface area (Å²) in [5.41, 5.74) is 3.54. The van der Waals surface area contributed by atoms with Gasteiger partial charge in [-0.25, -0.2) is 9.78 Å². The molecule has 0 unspecified atom stereocenters. The smallest absolute Gasteiger partial charge is 0.371 e. The molecule has 0 saturated carbocycles. The van der Waals surface area contributed by atoms with Crippen molar-refractivity contribution in [2.24, 2.45) is 0 Å². The summed E-state index contributed by atoms with van der Waals surface area (Å²) in [7, 11) is 0. The number of H-pyrrole nitrogens is 1. The zero-order valence-corrected chi connectivity index (χ0v) is 9.11. The fraction of sp³-hybridized carbons (Fsp3) is 0.167. The number of rotatable bonds is 2. The lowest BCUT2D eigenvalue weighted by Crippen LogP contribution is -1.98. The van der Waals surface area contributed by atoms with Crippen molar-refractivity contribution < 1.29 is 9.90 Å². The van der Waals surface area contributed by atoms with Crippen LogP contribution < -0.4 is 0 Å². The van der Waals surface area contributed by atoms with E-state index in [9.17, 15) is 4.79 Å². The maximum Gasteiger partial charge on any atom is 0.371 e. The van der Waals surface area contributed by atoms with Crippen molar-refractivity contribution in [2.45, 2.75) is 13.8 Å². The predicted molar refractivity (Wildman–Crippen MR) is 60.5 cm³/mol. The Morgan fingerprint density at radius 2 is 1.88 bits per heavy atom. The number of carboxylic acids is 1. The summed E-state index contributed by atoms with van der Waals surface area (Å²) in [4.78, 5) is 17.6. The second kappa shape index (κ2) is 3.81. The van der Waals surface area contributed by atoms with E-state index >= 15 is 0 Å². The second-order valence-electron chi connectivity index (χ2n) is 3.73. The van der Waals surface area contributed by atoms with Crippen LogP contribution in [-0.2, 0) is 0 Å². The van der Waals surface area contributed by atoms with E-state index in [1.807, 2.05) is 38.1 Å². The van der Waals surface area contributed by atoms with Crippen LogP contribution in [0.1, 0.15) is 21.9 Å². The maximum absolute atomic E-state index is 10.8. The number of aryl methyl sites for hydroxylation is 2. The van der Waals surface area contributed by atoms with Gasteiger partial charge in [0.25, 0.3) is 0 Å². The molecule has 0 aliphatic carbocycles. The number of aromatic nitrogens is 2. The zero-order valence-electron chi connectivity index (χ0n) is 9.11. The highest BCUT2D eigenvalue weighted by Gasteiger charge is 2.13. The lowest BCUT2D eigenvalue weighted by atomic mass is 10.1. The largest absolute Gasteiger partial charge is 0.475 e. The Bertz CT molecular complexity index is 526. The second-order valence-corrected chi connectivity index (χ2v) is 3.73. The minimum absolute atomic E-state index is 0.0203. The molecule has 4 nitrogen and oxygen atoms in total. The Balaban J connectivity index is 2.47. The number of carbonyl (C=O) groups is 1. The van der Waals surface area contributed by atoms with Gasteiger partial charge in [-0.3, -0.25) is 0 Å². The summed E-state index contributed by atoms with van der Waals surface area (Å²) in [6.07, 6.45) is 0. The van der Waals surface area contributed by atoms with Crippen LogP contribution in [0.2, 0.25) is 0 Å². The van der Waals surface area contributed by atoms with Crippen molar-refractivity contribution in [3.05, 3.63) is 41.3 Å². The quantitative estimate of drug-likeness (QED) is 0.810. The van der Waals surface area contributed by atoms with Crippen LogP contribution in [0.4, 0.5) is 0 Å². The number of nitrogens with one attached hydrogen (secondary N) is 1. The fourth-order valence-electron chi connectivity index (χ4n) is 1.55. The van der Waals surface area contributed by atoms with E-state index in [-0.39, 0.29) is 5.82 Å². The van der Waals surface area contributed by atoms with Crippen molar-refractivity contribution >= 4 is 5.97 Å². The van der Waals surface area contributed by atoms with E-state index in [0.29, 0.717) is 5.69 Å². The van der Waals surface area contributed by atoms with Crippen LogP contribution in [0.15, 0.2) is 24.3 Å². The Morgan fingerprint density at radius 1 is 1.25 bits per heavy atom. The van der Waals surface area contributed by atoms with Gasteiger partial charge in [-0.05, 0) is 13.8 Å². The molecule has 0 bridgehead atoms. The van der Waals surface area contributed by atoms with Crippen LogP contribution in [0.5, 0.6) is 0 Å². The first-order valence-corrected chi connectivity index (χ1v) is 4.95. The number of aromatic carboxylic acids is 1. The summed E-state index contributed by atoms with van der Waals surface area (Å²) < 4.78 is 0. The van der Waals surface area contributed by atoms with Crippen LogP contribution in [0.25, 0.3) is 11.3 Å². The van der Waals surface area contributed by atoms with Gasteiger partial charge in [0.15, 0.2) is 0 Å². The Hall–Kier alpha value is -2.10. The van der Waals surface area contributed by atoms with Gasteiger partial charge in [-0.2, -0.15) is 0 Å². The van der Waals surface area contributed by atoms with Crippen LogP contribution in [0.3, 0.4) is 0 Å². The lowest BCUT2D eigenvalue weighted by molar-refractivity contribution is 0.0684. The summed E-state index contributed by atoms with van der Waals surface area (Å²) in [6.45, 7) is 3.82. The molecule has 0 saturated heterocycles. The van der Waals surface area contributed by atoms with Gasteiger partial charge in [0.2, 0.25) is 5.82 Å². The third-order valence-corrected chi connectivity index (χ3v) is 2.41. The molecule has 0 aliphatic heterocycles. The van der Waals surface area contributed by atoms with Crippen molar-refractivity contribution in [3.63, 3.8) is 0 Å². The lowest BCUT2D eigenvalue weighted by Gasteiger charge is -1.98. The molecular formula is C12H12N2O2. The van der Waals surface area contributed by atoms with E-state index in [2.05, 4.69) is 9.97 Å². The van der Waals surface area contributed by atoms with E-state index in [1.54, 1.807) is 0 Å². The van der Waals surface area contributed by atoms with Gasteiger partial charge < -0.3 is 10.1 Å². The summed E-state index contributed by atoms with van der Waals surface area (Å²) in [5.74, 6) is -1.06. The monoisotopic (exact) mass is 216 g/mol. The number of carboxylic acid groups (broad SMARTS) is 1. The van der Waals surface area contributed by atoms with Gasteiger partial charge in [0, 0.05) is 11.3 Å². The first-order chi connectivity index (χ1) is 7.58. The topological polar surface area (TPSA) is 66.0 Å². The van der Waals surface area contributed by atoms with Gasteiger partial charge in [-0.1, -0.05) is 29.8 Å². The molecule has 0 fully saturated rings. The van der Waals surface area contributed by atoms with Crippen molar-refractivity contribution in [1.82, 2.24) is 9.97 Å². The predicted octanol–water partition coefficient (Wildman–Crippen LogP) is 2.39. The van der Waals surface area contributed by atoms with Gasteiger partial charge in [-0.15, -0.1) is 0 Å². The fourth-order valence-corrected chi connectivity index (χ4v) is 1.55. The van der Waals surface area contributed by atoms with Crippen LogP contribution in [-0.4, -0.2) is 21.0 Å². The van der Waals surface area contributed by atoms with Gasteiger partial charge >= 0.3 is 5.97 Å². The molecule has 1 aromatic heterocycles. The summed E-state index contributed by atoms with van der Waals surface area (Å²) in [5, 5.41) is 8.82. The molecule has 4 heteroatoms. The minimum Gasteiger partial charge on any atom is -0.475 e. The standard InChI is InChI=1S/C12H12N2O2/c1-7-3-5-9(6-4-7)10-8(2)13-11(14-10)12(15)16/h3-6H,1-2H3,(H,13,14)(H,15,16). The Kier molecular flexibility index (Phi) is 2.48. The van der Waals surface area contributed by atoms with Gasteiger partial charge in [0.05, 0.1) is 5.69 Å². The van der Waals surface area contributed by atoms with Crippen LogP contribution in [0, 0.1) is 13.8 Å². The van der Waals surface area contributed by atoms with Gasteiger partial charge in [0.1, 0.15) is 0 Å². The molecule has 16 heavy (non-hydrogen) atoms. The van der Waals surface area contributed by atoms with Crippen LogP contribution >= 0.6 is 0 Å². The molecule has 2 N–H and O–H groups in total. The SMILES string of the molecule is Cc1ccc(-c2nc(C(=O)O)[nH]c2C)cc1. The van der Waals surface area contributed by atoms with Crippen molar-refractivity contribution in [2.75, 3.05) is 0 Å². The molecule has 2 rings (SSSR count). The summed E-state index contributed by atoms with van der Waals surface area (Å²) >= 11 is 0. The van der Waals surface area contributed by atoms with E-state index in [0.717, 1.165) is 16.8 Å². The van der Waals surface area contributed by atoms with E-state index in [1.165, 1.54) is 0 Å². The van der Waals surface area contributed by atoms with Crippen molar-refractivity contribution in [1.29, 1.82) is 0 Å². The number of nitrogens with zero attached hydrogens (tertiary/aromatic N) is 1. The molecular weight excluding hydrogens is 204 g/mol. The Labute approximate surface area is 93.0 Å². The first kappa shape index (κ1) is 10.4. The number of hydrogen-bond donors (Lipinski definition) is 2. The molecule has 82 valence electrons.